The molecule has 0 radical (unpaired) electrons. The maximum absolute atomic E-state index is 12.6. The highest BCUT2D eigenvalue weighted by atomic mass is 32.1. The minimum Gasteiger partial charge on any atom is -0.309 e. The molecule has 2 aromatic rings. The molecular formula is C18H26N2OS. The molecular weight excluding hydrogens is 292 g/mol. The molecule has 0 spiro atoms. The molecule has 2 heterocycles. The van der Waals surface area contributed by atoms with E-state index in [1.807, 2.05) is 0 Å². The molecule has 0 fully saturated rings. The van der Waals surface area contributed by atoms with Crippen LogP contribution in [0, 0.1) is 11.3 Å². The van der Waals surface area contributed by atoms with Crippen LogP contribution in [0.25, 0.3) is 10.2 Å². The zero-order chi connectivity index (χ0) is 16.3. The van der Waals surface area contributed by atoms with Gasteiger partial charge in [0.2, 0.25) is 0 Å². The molecule has 22 heavy (non-hydrogen) atoms. The SMILES string of the molecule is CC(C)(C)c1nc2sc3c(c2c(=O)[nH]1)CCC(C(C)(C)C)C3. The van der Waals surface area contributed by atoms with Crippen LogP contribution in [-0.2, 0) is 18.3 Å². The zero-order valence-electron chi connectivity index (χ0n) is 14.5. The molecule has 3 rings (SSSR count). The molecule has 0 amide bonds. The lowest BCUT2D eigenvalue weighted by Gasteiger charge is -2.33. The normalized spacial score (nSPS) is 19.5. The summed E-state index contributed by atoms with van der Waals surface area (Å²) < 4.78 is 0. The number of fused-ring (bicyclic) bond motifs is 3. The first-order chi connectivity index (χ1) is 10.1. The minimum absolute atomic E-state index is 0.0432. The number of thiophene rings is 1. The topological polar surface area (TPSA) is 45.8 Å². The fourth-order valence-corrected chi connectivity index (χ4v) is 4.58. The van der Waals surface area contributed by atoms with Crippen LogP contribution in [-0.4, -0.2) is 9.97 Å². The second kappa shape index (κ2) is 4.92. The van der Waals surface area contributed by atoms with E-state index in [-0.39, 0.29) is 11.0 Å². The predicted molar refractivity (Wildman–Crippen MR) is 93.9 cm³/mol. The highest BCUT2D eigenvalue weighted by Crippen LogP contribution is 2.42. The number of aryl methyl sites for hydroxylation is 1. The fraction of sp³-hybridized carbons (Fsp3) is 0.667. The third-order valence-corrected chi connectivity index (χ3v) is 6.00. The van der Waals surface area contributed by atoms with Crippen LogP contribution in [0.1, 0.15) is 64.2 Å². The van der Waals surface area contributed by atoms with E-state index in [1.165, 1.54) is 16.9 Å². The third-order valence-electron chi connectivity index (χ3n) is 4.85. The zero-order valence-corrected chi connectivity index (χ0v) is 15.3. The predicted octanol–water partition coefficient (Wildman–Crippen LogP) is 4.43. The Labute approximate surface area is 136 Å². The molecule has 1 aliphatic carbocycles. The molecule has 120 valence electrons. The van der Waals surface area contributed by atoms with Gasteiger partial charge in [0.25, 0.3) is 5.56 Å². The fourth-order valence-electron chi connectivity index (χ4n) is 3.28. The Morgan fingerprint density at radius 1 is 1.18 bits per heavy atom. The third kappa shape index (κ3) is 2.62. The molecule has 2 aromatic heterocycles. The van der Waals surface area contributed by atoms with Gasteiger partial charge in [-0.1, -0.05) is 41.5 Å². The number of nitrogens with one attached hydrogen (secondary N) is 1. The molecule has 1 unspecified atom stereocenters. The maximum Gasteiger partial charge on any atom is 0.259 e. The van der Waals surface area contributed by atoms with Crippen molar-refractivity contribution in [2.75, 3.05) is 0 Å². The van der Waals surface area contributed by atoms with Crippen molar-refractivity contribution in [1.82, 2.24) is 9.97 Å². The smallest absolute Gasteiger partial charge is 0.259 e. The summed E-state index contributed by atoms with van der Waals surface area (Å²) in [7, 11) is 0. The van der Waals surface area contributed by atoms with Crippen LogP contribution in [0.15, 0.2) is 4.79 Å². The Morgan fingerprint density at radius 2 is 1.86 bits per heavy atom. The summed E-state index contributed by atoms with van der Waals surface area (Å²) in [6, 6.07) is 0. The number of aromatic nitrogens is 2. The standard InChI is InChI=1S/C18H26N2OS/c1-17(2,3)10-7-8-11-12(9-10)22-15-13(11)14(21)19-16(20-15)18(4,5)6/h10H,7-9H2,1-6H3,(H,19,20,21). The van der Waals surface area contributed by atoms with Crippen molar-refractivity contribution in [3.05, 3.63) is 26.6 Å². The molecule has 1 atom stereocenters. The number of nitrogens with zero attached hydrogens (tertiary/aromatic N) is 1. The van der Waals surface area contributed by atoms with Crippen molar-refractivity contribution in [2.24, 2.45) is 11.3 Å². The van der Waals surface area contributed by atoms with E-state index >= 15 is 0 Å². The minimum atomic E-state index is -0.133. The molecule has 0 saturated carbocycles. The van der Waals surface area contributed by atoms with Crippen LogP contribution in [0.5, 0.6) is 0 Å². The monoisotopic (exact) mass is 318 g/mol. The number of H-pyrrole nitrogens is 1. The first kappa shape index (κ1) is 15.7. The van der Waals surface area contributed by atoms with Gasteiger partial charge in [-0.15, -0.1) is 11.3 Å². The van der Waals surface area contributed by atoms with Crippen LogP contribution in [0.4, 0.5) is 0 Å². The van der Waals surface area contributed by atoms with E-state index in [9.17, 15) is 4.79 Å². The van der Waals surface area contributed by atoms with Gasteiger partial charge >= 0.3 is 0 Å². The van der Waals surface area contributed by atoms with E-state index in [1.54, 1.807) is 11.3 Å². The average Bonchev–Trinajstić information content (AvgIpc) is 2.74. The molecule has 0 saturated heterocycles. The summed E-state index contributed by atoms with van der Waals surface area (Å²) in [6.45, 7) is 13.2. The molecule has 1 N–H and O–H groups in total. The lowest BCUT2D eigenvalue weighted by atomic mass is 9.72. The molecule has 3 nitrogen and oxygen atoms in total. The molecule has 4 heteroatoms. The van der Waals surface area contributed by atoms with Crippen molar-refractivity contribution in [3.63, 3.8) is 0 Å². The maximum atomic E-state index is 12.6. The first-order valence-electron chi connectivity index (χ1n) is 8.12. The van der Waals surface area contributed by atoms with Crippen molar-refractivity contribution in [2.45, 2.75) is 66.2 Å². The van der Waals surface area contributed by atoms with Crippen molar-refractivity contribution >= 4 is 21.6 Å². The lowest BCUT2D eigenvalue weighted by molar-refractivity contribution is 0.218. The average molecular weight is 318 g/mol. The van der Waals surface area contributed by atoms with Gasteiger partial charge in [-0.3, -0.25) is 4.79 Å². The van der Waals surface area contributed by atoms with Gasteiger partial charge in [-0.2, -0.15) is 0 Å². The Kier molecular flexibility index (Phi) is 3.52. The second-order valence-electron chi connectivity index (χ2n) is 8.65. The van der Waals surface area contributed by atoms with Crippen LogP contribution in [0.3, 0.4) is 0 Å². The van der Waals surface area contributed by atoms with Gasteiger partial charge in [-0.05, 0) is 36.2 Å². The molecule has 0 aliphatic heterocycles. The van der Waals surface area contributed by atoms with E-state index in [2.05, 4.69) is 46.5 Å². The summed E-state index contributed by atoms with van der Waals surface area (Å²) in [5.74, 6) is 1.48. The van der Waals surface area contributed by atoms with Crippen LogP contribution in [0.2, 0.25) is 0 Å². The quantitative estimate of drug-likeness (QED) is 0.781. The number of aromatic amines is 1. The van der Waals surface area contributed by atoms with Crippen molar-refractivity contribution in [3.8, 4) is 0 Å². The van der Waals surface area contributed by atoms with Gasteiger partial charge in [0.05, 0.1) is 5.39 Å². The van der Waals surface area contributed by atoms with E-state index in [4.69, 9.17) is 4.98 Å². The van der Waals surface area contributed by atoms with Gasteiger partial charge < -0.3 is 4.98 Å². The second-order valence-corrected chi connectivity index (χ2v) is 9.74. The summed E-state index contributed by atoms with van der Waals surface area (Å²) >= 11 is 1.73. The van der Waals surface area contributed by atoms with E-state index < -0.39 is 0 Å². The largest absolute Gasteiger partial charge is 0.309 e. The molecule has 1 aliphatic rings. The summed E-state index contributed by atoms with van der Waals surface area (Å²) in [5, 5.41) is 0.848. The Hall–Kier alpha value is -1.16. The lowest BCUT2D eigenvalue weighted by Crippen LogP contribution is -2.26. The van der Waals surface area contributed by atoms with Crippen molar-refractivity contribution in [1.29, 1.82) is 0 Å². The first-order valence-corrected chi connectivity index (χ1v) is 8.94. The summed E-state index contributed by atoms with van der Waals surface area (Å²) in [5.41, 5.74) is 1.49. The van der Waals surface area contributed by atoms with Gasteiger partial charge in [0, 0.05) is 10.3 Å². The number of hydrogen-bond acceptors (Lipinski definition) is 3. The Morgan fingerprint density at radius 3 is 2.45 bits per heavy atom. The van der Waals surface area contributed by atoms with Gasteiger partial charge in [0.15, 0.2) is 0 Å². The van der Waals surface area contributed by atoms with Gasteiger partial charge in [0.1, 0.15) is 10.7 Å². The highest BCUT2D eigenvalue weighted by molar-refractivity contribution is 7.18. The van der Waals surface area contributed by atoms with Crippen molar-refractivity contribution < 1.29 is 0 Å². The van der Waals surface area contributed by atoms with Gasteiger partial charge in [-0.25, -0.2) is 4.98 Å². The van der Waals surface area contributed by atoms with E-state index in [0.717, 1.165) is 28.9 Å². The highest BCUT2D eigenvalue weighted by Gasteiger charge is 2.32. The summed E-state index contributed by atoms with van der Waals surface area (Å²) in [6.07, 6.45) is 3.27. The van der Waals surface area contributed by atoms with Crippen LogP contribution < -0.4 is 5.56 Å². The Bertz CT molecular complexity index is 771. The number of rotatable bonds is 0. The van der Waals surface area contributed by atoms with Crippen LogP contribution >= 0.6 is 11.3 Å². The molecule has 0 aromatic carbocycles. The molecule has 0 bridgehead atoms. The summed E-state index contributed by atoms with van der Waals surface area (Å²) in [4.78, 5) is 22.6. The Balaban J connectivity index is 2.13. The van der Waals surface area contributed by atoms with E-state index in [0.29, 0.717) is 11.3 Å². The number of hydrogen-bond donors (Lipinski definition) is 1.